The van der Waals surface area contributed by atoms with Gasteiger partial charge in [-0.05, 0) is 46.7 Å². The molecule has 9 nitrogen and oxygen atoms in total. The smallest absolute Gasteiger partial charge is 0.391 e. The van der Waals surface area contributed by atoms with Crippen molar-refractivity contribution < 1.29 is 22.0 Å². The van der Waals surface area contributed by atoms with Gasteiger partial charge in [0.25, 0.3) is 0 Å². The van der Waals surface area contributed by atoms with E-state index in [1.54, 1.807) is 31.2 Å². The maximum Gasteiger partial charge on any atom is 0.434 e. The summed E-state index contributed by atoms with van der Waals surface area (Å²) in [5.74, 6) is -3.48. The van der Waals surface area contributed by atoms with Gasteiger partial charge in [-0.15, -0.1) is 5.10 Å². The number of hydrogen-bond donors (Lipinski definition) is 3. The number of nitrogens with two attached hydrogens (primary N) is 1. The van der Waals surface area contributed by atoms with Crippen LogP contribution < -0.4 is 16.2 Å². The Morgan fingerprint density at radius 1 is 1.21 bits per heavy atom. The van der Waals surface area contributed by atoms with Crippen molar-refractivity contribution >= 4 is 38.3 Å². The van der Waals surface area contributed by atoms with Crippen LogP contribution in [0.15, 0.2) is 68.7 Å². The first-order valence-electron chi connectivity index (χ1n) is 9.92. The summed E-state index contributed by atoms with van der Waals surface area (Å²) >= 11 is 5.89. The average Bonchev–Trinajstić information content (AvgIpc) is 3.22. The molecule has 2 atom stereocenters. The second-order valence-corrected chi connectivity index (χ2v) is 9.68. The van der Waals surface area contributed by atoms with Gasteiger partial charge in [0.05, 0.1) is 10.5 Å². The van der Waals surface area contributed by atoms with Crippen LogP contribution in [0.2, 0.25) is 5.02 Å². The first-order valence-corrected chi connectivity index (χ1v) is 11.8. The summed E-state index contributed by atoms with van der Waals surface area (Å²) in [6.07, 6.45) is 0. The van der Waals surface area contributed by atoms with Crippen molar-refractivity contribution in [2.45, 2.75) is 23.8 Å². The van der Waals surface area contributed by atoms with Crippen molar-refractivity contribution in [2.24, 2.45) is 5.73 Å². The standard InChI is InChI=1S/C22H18ClFN4O5S/c1-11(16-10-14(24)8-12-4-2-3-5-15(12)16)19(21-26-27-22(30)33-21)28-34(31,32)18-7-6-13(23)9-17(18)20(25)29/h2-11,19,28H,1H3,(H2,25,29)(H,27,30). The van der Waals surface area contributed by atoms with Gasteiger partial charge in [-0.3, -0.25) is 4.79 Å². The molecular formula is C22H18ClFN4O5S. The number of amides is 1. The monoisotopic (exact) mass is 504 g/mol. The number of carbonyl (C=O) groups excluding carboxylic acids is 1. The molecule has 0 saturated carbocycles. The molecule has 0 radical (unpaired) electrons. The predicted octanol–water partition coefficient (Wildman–Crippen LogP) is 3.23. The molecule has 0 saturated heterocycles. The van der Waals surface area contributed by atoms with Crippen LogP contribution in [0.4, 0.5) is 4.39 Å². The predicted molar refractivity (Wildman–Crippen MR) is 122 cm³/mol. The lowest BCUT2D eigenvalue weighted by molar-refractivity contribution is 0.0997. The number of aromatic amines is 1. The molecule has 2 unspecified atom stereocenters. The number of sulfonamides is 1. The maximum absolute atomic E-state index is 14.4. The summed E-state index contributed by atoms with van der Waals surface area (Å²) < 4.78 is 48.5. The van der Waals surface area contributed by atoms with Gasteiger partial charge in [-0.2, -0.15) is 4.72 Å². The third kappa shape index (κ3) is 4.58. The fourth-order valence-electron chi connectivity index (χ4n) is 3.76. The topological polar surface area (TPSA) is 148 Å². The fraction of sp³-hybridized carbons (Fsp3) is 0.136. The Labute approximate surface area is 197 Å². The number of aromatic nitrogens is 2. The second kappa shape index (κ2) is 9.01. The molecule has 0 spiro atoms. The lowest BCUT2D eigenvalue weighted by Crippen LogP contribution is -2.33. The summed E-state index contributed by atoms with van der Waals surface area (Å²) in [5, 5.41) is 7.25. The molecule has 12 heteroatoms. The van der Waals surface area contributed by atoms with Crippen LogP contribution in [0.25, 0.3) is 10.8 Å². The Hall–Kier alpha value is -3.54. The van der Waals surface area contributed by atoms with Crippen molar-refractivity contribution in [2.75, 3.05) is 0 Å². The number of benzene rings is 3. The molecule has 0 aliphatic carbocycles. The number of carbonyl (C=O) groups is 1. The molecular weight excluding hydrogens is 487 g/mol. The first kappa shape index (κ1) is 23.6. The van der Waals surface area contributed by atoms with Crippen LogP contribution in [0.3, 0.4) is 0 Å². The molecule has 0 aliphatic rings. The zero-order valence-corrected chi connectivity index (χ0v) is 19.2. The highest BCUT2D eigenvalue weighted by molar-refractivity contribution is 7.89. The number of rotatable bonds is 7. The van der Waals surface area contributed by atoms with Gasteiger partial charge in [-0.25, -0.2) is 22.7 Å². The summed E-state index contributed by atoms with van der Waals surface area (Å²) in [4.78, 5) is 23.1. The highest BCUT2D eigenvalue weighted by Gasteiger charge is 2.33. The summed E-state index contributed by atoms with van der Waals surface area (Å²) in [6.45, 7) is 1.62. The molecule has 4 aromatic rings. The molecule has 4 N–H and O–H groups in total. The van der Waals surface area contributed by atoms with Crippen LogP contribution in [-0.4, -0.2) is 24.5 Å². The molecule has 176 valence electrons. The molecule has 3 aromatic carbocycles. The molecule has 1 aromatic heterocycles. The van der Waals surface area contributed by atoms with Crippen molar-refractivity contribution in [1.29, 1.82) is 0 Å². The number of fused-ring (bicyclic) bond motifs is 1. The Balaban J connectivity index is 1.85. The third-order valence-electron chi connectivity index (χ3n) is 5.35. The number of halogens is 2. The molecule has 0 bridgehead atoms. The summed E-state index contributed by atoms with van der Waals surface area (Å²) in [6, 6.07) is 11.9. The van der Waals surface area contributed by atoms with Crippen molar-refractivity contribution in [1.82, 2.24) is 14.9 Å². The molecule has 0 aliphatic heterocycles. The minimum Gasteiger partial charge on any atom is -0.391 e. The van der Waals surface area contributed by atoms with E-state index in [0.29, 0.717) is 16.3 Å². The van der Waals surface area contributed by atoms with Gasteiger partial charge >= 0.3 is 5.76 Å². The van der Waals surface area contributed by atoms with Gasteiger partial charge in [0.2, 0.25) is 21.8 Å². The zero-order chi connectivity index (χ0) is 24.6. The number of H-pyrrole nitrogens is 1. The number of nitrogens with one attached hydrogen (secondary N) is 2. The van der Waals surface area contributed by atoms with E-state index in [1.165, 1.54) is 18.2 Å². The zero-order valence-electron chi connectivity index (χ0n) is 17.6. The fourth-order valence-corrected chi connectivity index (χ4v) is 5.39. The van der Waals surface area contributed by atoms with Gasteiger partial charge in [0.15, 0.2) is 0 Å². The largest absolute Gasteiger partial charge is 0.434 e. The van der Waals surface area contributed by atoms with Crippen molar-refractivity contribution in [3.8, 4) is 0 Å². The van der Waals surface area contributed by atoms with E-state index in [2.05, 4.69) is 14.9 Å². The lowest BCUT2D eigenvalue weighted by atomic mass is 9.89. The second-order valence-electron chi connectivity index (χ2n) is 7.56. The van der Waals surface area contributed by atoms with Crippen molar-refractivity contribution in [3.05, 3.63) is 93.0 Å². The molecule has 34 heavy (non-hydrogen) atoms. The maximum atomic E-state index is 14.4. The first-order chi connectivity index (χ1) is 16.1. The van der Waals surface area contributed by atoms with E-state index in [1.807, 2.05) is 0 Å². The third-order valence-corrected chi connectivity index (χ3v) is 7.08. The minimum absolute atomic E-state index is 0.113. The Kier molecular flexibility index (Phi) is 6.26. The lowest BCUT2D eigenvalue weighted by Gasteiger charge is -2.24. The van der Waals surface area contributed by atoms with E-state index < -0.39 is 44.4 Å². The van der Waals surface area contributed by atoms with Crippen LogP contribution in [0.1, 0.15) is 40.7 Å². The van der Waals surface area contributed by atoms with Gasteiger partial charge in [-0.1, -0.05) is 42.8 Å². The average molecular weight is 505 g/mol. The van der Waals surface area contributed by atoms with Crippen LogP contribution in [-0.2, 0) is 10.0 Å². The molecule has 4 rings (SSSR count). The van der Waals surface area contributed by atoms with E-state index in [4.69, 9.17) is 21.8 Å². The molecule has 1 heterocycles. The number of nitrogens with zero attached hydrogens (tertiary/aromatic N) is 1. The Morgan fingerprint density at radius 2 is 1.94 bits per heavy atom. The highest BCUT2D eigenvalue weighted by atomic mass is 35.5. The van der Waals surface area contributed by atoms with Gasteiger partial charge in [0.1, 0.15) is 11.9 Å². The van der Waals surface area contributed by atoms with E-state index in [-0.39, 0.29) is 16.5 Å². The van der Waals surface area contributed by atoms with E-state index in [9.17, 15) is 22.4 Å². The van der Waals surface area contributed by atoms with E-state index >= 15 is 0 Å². The highest BCUT2D eigenvalue weighted by Crippen LogP contribution is 2.36. The molecule has 1 amide bonds. The summed E-state index contributed by atoms with van der Waals surface area (Å²) in [7, 11) is -4.43. The Bertz CT molecular complexity index is 1570. The van der Waals surface area contributed by atoms with Crippen molar-refractivity contribution in [3.63, 3.8) is 0 Å². The number of hydrogen-bond acceptors (Lipinski definition) is 6. The quantitative estimate of drug-likeness (QED) is 0.352. The normalized spacial score (nSPS) is 13.6. The van der Waals surface area contributed by atoms with Crippen LogP contribution in [0, 0.1) is 5.82 Å². The van der Waals surface area contributed by atoms with E-state index in [0.717, 1.165) is 12.1 Å². The SMILES string of the molecule is CC(c1cc(F)cc2ccccc12)C(NS(=O)(=O)c1ccc(Cl)cc1C(N)=O)c1n[nH]c(=O)o1. The summed E-state index contributed by atoms with van der Waals surface area (Å²) in [5.41, 5.74) is 5.46. The Morgan fingerprint density at radius 3 is 2.62 bits per heavy atom. The van der Waals surface area contributed by atoms with Gasteiger partial charge in [0, 0.05) is 10.9 Å². The minimum atomic E-state index is -4.43. The van der Waals surface area contributed by atoms with Crippen LogP contribution >= 0.6 is 11.6 Å². The molecule has 0 fully saturated rings. The number of primary amides is 1. The van der Waals surface area contributed by atoms with Crippen LogP contribution in [0.5, 0.6) is 0 Å². The van der Waals surface area contributed by atoms with Gasteiger partial charge < -0.3 is 10.2 Å².